The molecule has 68 heavy (non-hydrogen) atoms. The number of benzene rings is 2. The van der Waals surface area contributed by atoms with Crippen molar-refractivity contribution in [1.82, 2.24) is 49.3 Å². The van der Waals surface area contributed by atoms with Crippen LogP contribution in [-0.2, 0) is 0 Å². The number of anilines is 2. The van der Waals surface area contributed by atoms with Crippen molar-refractivity contribution in [2.75, 3.05) is 81.9 Å². The van der Waals surface area contributed by atoms with Crippen LogP contribution in [0.15, 0.2) is 48.8 Å². The molecule has 4 saturated heterocycles. The second-order valence-corrected chi connectivity index (χ2v) is 20.5. The Morgan fingerprint density at radius 1 is 0.691 bits per heavy atom. The number of nitriles is 2. The van der Waals surface area contributed by atoms with Gasteiger partial charge in [0, 0.05) is 91.7 Å². The Labute approximate surface area is 414 Å². The first kappa shape index (κ1) is 46.8. The molecule has 0 radical (unpaired) electrons. The minimum atomic E-state index is -0.407. The first-order chi connectivity index (χ1) is 33.0. The Morgan fingerprint density at radius 3 is 1.84 bits per heavy atom. The summed E-state index contributed by atoms with van der Waals surface area (Å²) < 4.78 is 3.57. The van der Waals surface area contributed by atoms with Gasteiger partial charge in [0.15, 0.2) is 22.7 Å². The Morgan fingerprint density at radius 2 is 1.25 bits per heavy atom. The van der Waals surface area contributed by atoms with Crippen molar-refractivity contribution in [3.8, 4) is 12.1 Å². The number of hydrogen-bond donors (Lipinski definition) is 2. The molecular formula is C48H52Cl4N14O2. The van der Waals surface area contributed by atoms with Crippen LogP contribution in [0.3, 0.4) is 0 Å². The maximum atomic E-state index is 10.3. The Hall–Kier alpha value is -4.88. The number of aliphatic hydroxyl groups excluding tert-OH is 2. The van der Waals surface area contributed by atoms with E-state index >= 15 is 0 Å². The lowest BCUT2D eigenvalue weighted by atomic mass is 9.83. The highest BCUT2D eigenvalue weighted by atomic mass is 35.5. The third-order valence-corrected chi connectivity index (χ3v) is 15.9. The molecule has 16 nitrogen and oxygen atoms in total. The average molecular weight is 999 g/mol. The highest BCUT2D eigenvalue weighted by molar-refractivity contribution is 6.35. The van der Waals surface area contributed by atoms with Gasteiger partial charge in [-0.2, -0.15) is 20.7 Å². The number of fused-ring (bicyclic) bond motifs is 2. The summed E-state index contributed by atoms with van der Waals surface area (Å²) in [7, 11) is 0. The topological polar surface area (TPSA) is 188 Å². The van der Waals surface area contributed by atoms with E-state index in [4.69, 9.17) is 71.4 Å². The second kappa shape index (κ2) is 19.9. The van der Waals surface area contributed by atoms with Crippen molar-refractivity contribution >= 4 is 80.4 Å². The molecule has 0 amide bonds. The lowest BCUT2D eigenvalue weighted by Crippen LogP contribution is -2.51. The van der Waals surface area contributed by atoms with Gasteiger partial charge in [-0.25, -0.2) is 29.3 Å². The predicted octanol–water partition coefficient (Wildman–Crippen LogP) is 7.26. The van der Waals surface area contributed by atoms with Crippen molar-refractivity contribution in [3.05, 3.63) is 91.4 Å². The van der Waals surface area contributed by atoms with E-state index in [-0.39, 0.29) is 36.7 Å². The van der Waals surface area contributed by atoms with Crippen LogP contribution >= 0.6 is 46.4 Å². The Bertz CT molecular complexity index is 2910. The zero-order valence-corrected chi connectivity index (χ0v) is 40.7. The molecule has 6 aromatic rings. The van der Waals surface area contributed by atoms with Crippen molar-refractivity contribution in [2.24, 2.45) is 23.7 Å². The van der Waals surface area contributed by atoms with Gasteiger partial charge in [0.1, 0.15) is 34.8 Å². The summed E-state index contributed by atoms with van der Waals surface area (Å²) in [6.45, 7) is 10.3. The van der Waals surface area contributed by atoms with Crippen molar-refractivity contribution in [1.29, 1.82) is 10.5 Å². The van der Waals surface area contributed by atoms with Crippen molar-refractivity contribution < 1.29 is 10.2 Å². The maximum Gasteiger partial charge on any atom is 0.190 e. The minimum Gasteiger partial charge on any atom is -0.396 e. The lowest BCUT2D eigenvalue weighted by Gasteiger charge is -2.43. The molecule has 2 N–H and O–H groups in total. The van der Waals surface area contributed by atoms with E-state index in [1.807, 2.05) is 29.8 Å². The van der Waals surface area contributed by atoms with Crippen LogP contribution in [0, 0.1) is 46.3 Å². The number of halogens is 4. The molecule has 8 heterocycles. The molecular weight excluding hydrogens is 946 g/mol. The fourth-order valence-corrected chi connectivity index (χ4v) is 12.1. The summed E-state index contributed by atoms with van der Waals surface area (Å²) in [6.07, 6.45) is 7.62. The highest BCUT2D eigenvalue weighted by Gasteiger charge is 2.44. The lowest BCUT2D eigenvalue weighted by molar-refractivity contribution is 0.190. The number of nitrogens with zero attached hydrogens (tertiary/aromatic N) is 14. The molecule has 0 bridgehead atoms. The fourth-order valence-electron chi connectivity index (χ4n) is 11.0. The van der Waals surface area contributed by atoms with Crippen LogP contribution < -0.4 is 9.80 Å². The van der Waals surface area contributed by atoms with E-state index in [9.17, 15) is 20.7 Å². The minimum absolute atomic E-state index is 0.0827. The van der Waals surface area contributed by atoms with Gasteiger partial charge in [-0.05, 0) is 105 Å². The summed E-state index contributed by atoms with van der Waals surface area (Å²) in [5.74, 6) is 3.37. The zero-order valence-electron chi connectivity index (χ0n) is 37.6. The monoisotopic (exact) mass is 996 g/mol. The Kier molecular flexibility index (Phi) is 13.7. The Balaban J connectivity index is 0.890. The van der Waals surface area contributed by atoms with E-state index in [1.165, 1.54) is 0 Å². The van der Waals surface area contributed by atoms with Gasteiger partial charge >= 0.3 is 0 Å². The van der Waals surface area contributed by atoms with Crippen molar-refractivity contribution in [2.45, 2.75) is 57.2 Å². The van der Waals surface area contributed by atoms with Crippen LogP contribution in [0.2, 0.25) is 20.1 Å². The van der Waals surface area contributed by atoms with E-state index < -0.39 is 6.04 Å². The van der Waals surface area contributed by atoms with E-state index in [0.29, 0.717) is 84.7 Å². The quantitative estimate of drug-likeness (QED) is 0.0986. The van der Waals surface area contributed by atoms with Gasteiger partial charge in [-0.1, -0.05) is 58.5 Å². The largest absolute Gasteiger partial charge is 0.396 e. The van der Waals surface area contributed by atoms with Crippen LogP contribution in [-0.4, -0.2) is 138 Å². The molecule has 0 spiro atoms. The van der Waals surface area contributed by atoms with Crippen LogP contribution in [0.25, 0.3) is 22.3 Å². The molecule has 4 aliphatic rings. The summed E-state index contributed by atoms with van der Waals surface area (Å²) in [6, 6.07) is 14.7. The van der Waals surface area contributed by atoms with Gasteiger partial charge in [0.2, 0.25) is 0 Å². The summed E-state index contributed by atoms with van der Waals surface area (Å²) >= 11 is 26.3. The van der Waals surface area contributed by atoms with Crippen LogP contribution in [0.4, 0.5) is 11.6 Å². The van der Waals surface area contributed by atoms with Gasteiger partial charge < -0.3 is 24.9 Å². The standard InChI is InChI=1S/C48H52Cl4N14O2/c1-28(36-6-4-33(49)15-38(36)51)65-47-45(40(18-53)59-65)55-20-43(57-47)64-26-32(27-64)30-14-35(62(23-30)10-3-13-68)17-42(37-7-5-34(50)16-39(37)52)66-48-46(41(19-54)60-66)56-21-44(58-48)63-24-31(25-63)29-8-11-61(22-29)9-2-12-67/h4-7,15-16,20-21,28-32,35,42,67-68H,2-3,8-14,17,22-27H2,1H3/t28-,29-,30+,35?,42-/m1/s1. The van der Waals surface area contributed by atoms with E-state index in [2.05, 4.69) is 36.8 Å². The molecule has 4 fully saturated rings. The van der Waals surface area contributed by atoms with Crippen molar-refractivity contribution in [3.63, 3.8) is 0 Å². The number of aromatic nitrogens is 8. The van der Waals surface area contributed by atoms with Gasteiger partial charge in [-0.3, -0.25) is 4.90 Å². The highest BCUT2D eigenvalue weighted by Crippen LogP contribution is 2.42. The van der Waals surface area contributed by atoms with Crippen LogP contribution in [0.5, 0.6) is 0 Å². The summed E-state index contributed by atoms with van der Waals surface area (Å²) in [5.41, 5.74) is 3.96. The third kappa shape index (κ3) is 9.06. The first-order valence-corrected chi connectivity index (χ1v) is 24.9. The zero-order chi connectivity index (χ0) is 47.2. The average Bonchev–Trinajstić information content (AvgIpc) is 4.10. The summed E-state index contributed by atoms with van der Waals surface area (Å²) in [4.78, 5) is 29.2. The molecule has 20 heteroatoms. The van der Waals surface area contributed by atoms with Gasteiger partial charge in [0.05, 0.1) is 24.5 Å². The predicted molar refractivity (Wildman–Crippen MR) is 262 cm³/mol. The smallest absolute Gasteiger partial charge is 0.190 e. The first-order valence-electron chi connectivity index (χ1n) is 23.4. The number of likely N-dealkylation sites (tertiary alicyclic amines) is 2. The summed E-state index contributed by atoms with van der Waals surface area (Å²) in [5, 5.41) is 51.2. The fraction of sp³-hybridized carbons (Fsp3) is 0.500. The molecule has 1 unspecified atom stereocenters. The van der Waals surface area contributed by atoms with Gasteiger partial charge in [-0.15, -0.1) is 0 Å². The molecule has 354 valence electrons. The SMILES string of the molecule is C[C@H](c1ccc(Cl)cc1Cl)n1nc(C#N)c2ncc(N3CC([C@H]4CC(C[C@H](c5ccc(Cl)cc5Cl)n5nc(C#N)c6ncc(N7CC([C@@H]8CCN(CCCO)C8)C7)nc65)N(CCCO)C4)C3)nc21. The number of aliphatic hydroxyl groups is 2. The molecule has 4 aliphatic heterocycles. The maximum absolute atomic E-state index is 10.3. The van der Waals surface area contributed by atoms with Crippen LogP contribution in [0.1, 0.15) is 73.6 Å². The third-order valence-electron chi connectivity index (χ3n) is 14.8. The molecule has 5 atom stereocenters. The molecule has 0 aliphatic carbocycles. The van der Waals surface area contributed by atoms with Gasteiger partial charge in [0.25, 0.3) is 0 Å². The number of rotatable bonds is 16. The van der Waals surface area contributed by atoms with E-state index in [0.717, 1.165) is 95.1 Å². The molecule has 2 aromatic carbocycles. The number of hydrogen-bond acceptors (Lipinski definition) is 14. The molecule has 0 saturated carbocycles. The van der Waals surface area contributed by atoms with E-state index in [1.54, 1.807) is 35.3 Å². The molecule has 4 aromatic heterocycles. The second-order valence-electron chi connectivity index (χ2n) is 18.8. The molecule has 10 rings (SSSR count). The normalized spacial score (nSPS) is 21.3.